The summed E-state index contributed by atoms with van der Waals surface area (Å²) in [7, 11) is 0. The molecular weight excluding hydrogens is 92.1 g/mol. The van der Waals surface area contributed by atoms with Crippen molar-refractivity contribution in [2.75, 3.05) is 0 Å². The van der Waals surface area contributed by atoms with E-state index < -0.39 is 0 Å². The van der Waals surface area contributed by atoms with Gasteiger partial charge in [0.2, 0.25) is 5.75 Å². The minimum atomic E-state index is 0.692. The van der Waals surface area contributed by atoms with Crippen LogP contribution < -0.4 is 4.74 Å². The Hall–Kier alpha value is -0.920. The average Bonchev–Trinajstić information content (AvgIpc) is 2.33. The summed E-state index contributed by atoms with van der Waals surface area (Å²) in [5.41, 5.74) is 1.09. The second-order valence-corrected chi connectivity index (χ2v) is 1.64. The van der Waals surface area contributed by atoms with Crippen LogP contribution in [0.4, 0.5) is 0 Å². The van der Waals surface area contributed by atoms with Gasteiger partial charge in [-0.3, -0.25) is 0 Å². The molecular formula is C5H4O2. The molecule has 0 N–H and O–H groups in total. The van der Waals surface area contributed by atoms with E-state index in [4.69, 9.17) is 9.15 Å². The minimum absolute atomic E-state index is 0.692. The smallest absolute Gasteiger partial charge is 0.335 e. The second-order valence-electron chi connectivity index (χ2n) is 1.64. The standard InChI is InChI=1S/C5H4O2/c1-3-2-6-5-4(3)7-5/h2H,1H3. The molecule has 7 heavy (non-hydrogen) atoms. The van der Waals surface area contributed by atoms with Gasteiger partial charge in [-0.25, -0.2) is 0 Å². The molecule has 2 heterocycles. The summed E-state index contributed by atoms with van der Waals surface area (Å²) in [6, 6.07) is 0. The van der Waals surface area contributed by atoms with Gasteiger partial charge in [0, 0.05) is 5.56 Å². The van der Waals surface area contributed by atoms with E-state index in [1.165, 1.54) is 0 Å². The van der Waals surface area contributed by atoms with Gasteiger partial charge in [0.1, 0.15) is 6.26 Å². The van der Waals surface area contributed by atoms with Crippen LogP contribution in [0.25, 0.3) is 0 Å². The zero-order valence-electron chi connectivity index (χ0n) is 3.89. The Morgan fingerprint density at radius 1 is 1.57 bits per heavy atom. The Balaban J connectivity index is 2.76. The summed E-state index contributed by atoms with van der Waals surface area (Å²) >= 11 is 0. The van der Waals surface area contributed by atoms with Crippen LogP contribution >= 0.6 is 0 Å². The first-order valence-corrected chi connectivity index (χ1v) is 2.14. The number of furan rings is 1. The summed E-state index contributed by atoms with van der Waals surface area (Å²) in [5, 5.41) is 0. The molecule has 1 aromatic rings. The van der Waals surface area contributed by atoms with Gasteiger partial charge in [-0.1, -0.05) is 0 Å². The highest BCUT2D eigenvalue weighted by molar-refractivity contribution is 5.51. The molecule has 1 aliphatic heterocycles. The van der Waals surface area contributed by atoms with Crippen molar-refractivity contribution in [2.24, 2.45) is 0 Å². The molecule has 0 bridgehead atoms. The zero-order valence-corrected chi connectivity index (χ0v) is 3.89. The topological polar surface area (TPSA) is 25.7 Å². The highest BCUT2D eigenvalue weighted by Crippen LogP contribution is 2.49. The van der Waals surface area contributed by atoms with E-state index in [1.807, 2.05) is 6.92 Å². The molecule has 0 radical (unpaired) electrons. The van der Waals surface area contributed by atoms with Gasteiger partial charge < -0.3 is 9.15 Å². The van der Waals surface area contributed by atoms with Crippen molar-refractivity contribution in [1.29, 1.82) is 0 Å². The van der Waals surface area contributed by atoms with E-state index in [9.17, 15) is 0 Å². The molecule has 1 aliphatic rings. The maximum absolute atomic E-state index is 4.83. The first-order valence-electron chi connectivity index (χ1n) is 2.14. The Morgan fingerprint density at radius 2 is 2.43 bits per heavy atom. The van der Waals surface area contributed by atoms with E-state index in [2.05, 4.69) is 0 Å². The van der Waals surface area contributed by atoms with Crippen LogP contribution in [0.2, 0.25) is 0 Å². The first kappa shape index (κ1) is 3.13. The van der Waals surface area contributed by atoms with Gasteiger partial charge >= 0.3 is 5.95 Å². The third kappa shape index (κ3) is 0.243. The van der Waals surface area contributed by atoms with Gasteiger partial charge in [-0.05, 0) is 6.92 Å². The van der Waals surface area contributed by atoms with Crippen LogP contribution in [0.5, 0.6) is 11.7 Å². The second kappa shape index (κ2) is 0.689. The lowest BCUT2D eigenvalue weighted by Gasteiger charge is -1.74. The van der Waals surface area contributed by atoms with Crippen molar-refractivity contribution in [1.82, 2.24) is 0 Å². The van der Waals surface area contributed by atoms with Crippen LogP contribution in [0.1, 0.15) is 5.56 Å². The van der Waals surface area contributed by atoms with Crippen molar-refractivity contribution >= 4 is 0 Å². The number of ether oxygens (including phenoxy) is 1. The zero-order chi connectivity index (χ0) is 4.85. The normalized spacial score (nSPS) is 12.7. The van der Waals surface area contributed by atoms with Crippen LogP contribution in [0.15, 0.2) is 10.7 Å². The molecule has 0 spiro atoms. The molecule has 0 saturated heterocycles. The Bertz CT molecular complexity index is 200. The maximum Gasteiger partial charge on any atom is 0.335 e. The fourth-order valence-corrected chi connectivity index (χ4v) is 0.582. The summed E-state index contributed by atoms with van der Waals surface area (Å²) in [5.74, 6) is 1.62. The summed E-state index contributed by atoms with van der Waals surface area (Å²) in [6.45, 7) is 1.95. The predicted octanol–water partition coefficient (Wildman–Crippen LogP) is 1.69. The van der Waals surface area contributed by atoms with Crippen LogP contribution in [-0.4, -0.2) is 0 Å². The minimum Gasteiger partial charge on any atom is -0.431 e. The SMILES string of the molecule is Cc1coc2c1O2. The van der Waals surface area contributed by atoms with Crippen LogP contribution in [0.3, 0.4) is 0 Å². The summed E-state index contributed by atoms with van der Waals surface area (Å²) < 4.78 is 9.64. The maximum atomic E-state index is 4.83. The molecule has 0 aliphatic carbocycles. The average molecular weight is 96.1 g/mol. The van der Waals surface area contributed by atoms with Crippen molar-refractivity contribution in [3.63, 3.8) is 0 Å². The highest BCUT2D eigenvalue weighted by atomic mass is 16.7. The lowest BCUT2D eigenvalue weighted by Crippen LogP contribution is -1.58. The van der Waals surface area contributed by atoms with E-state index in [1.54, 1.807) is 6.26 Å². The molecule has 0 amide bonds. The van der Waals surface area contributed by atoms with Crippen LogP contribution in [-0.2, 0) is 0 Å². The first-order chi connectivity index (χ1) is 3.38. The van der Waals surface area contributed by atoms with Gasteiger partial charge in [0.25, 0.3) is 0 Å². The van der Waals surface area contributed by atoms with Crippen molar-refractivity contribution in [3.8, 4) is 11.7 Å². The summed E-state index contributed by atoms with van der Waals surface area (Å²) in [4.78, 5) is 0. The molecule has 0 fully saturated rings. The molecule has 0 unspecified atom stereocenters. The third-order valence-corrected chi connectivity index (χ3v) is 1.04. The largest absolute Gasteiger partial charge is 0.431 e. The number of hydrogen-bond acceptors (Lipinski definition) is 2. The number of rotatable bonds is 0. The van der Waals surface area contributed by atoms with Gasteiger partial charge in [-0.15, -0.1) is 0 Å². The molecule has 0 atom stereocenters. The Labute approximate surface area is 40.7 Å². The molecule has 2 heteroatoms. The highest BCUT2D eigenvalue weighted by Gasteiger charge is 2.27. The quantitative estimate of drug-likeness (QED) is 0.466. The predicted molar refractivity (Wildman–Crippen MR) is 23.5 cm³/mol. The number of fused-ring (bicyclic) bond motifs is 1. The fourth-order valence-electron chi connectivity index (χ4n) is 0.582. The summed E-state index contributed by atoms with van der Waals surface area (Å²) in [6.07, 6.45) is 1.69. The van der Waals surface area contributed by atoms with E-state index >= 15 is 0 Å². The van der Waals surface area contributed by atoms with Gasteiger partial charge in [0.05, 0.1) is 0 Å². The van der Waals surface area contributed by atoms with E-state index in [0.717, 1.165) is 11.3 Å². The van der Waals surface area contributed by atoms with Crippen molar-refractivity contribution in [2.45, 2.75) is 6.92 Å². The third-order valence-electron chi connectivity index (χ3n) is 1.04. The van der Waals surface area contributed by atoms with Crippen molar-refractivity contribution < 1.29 is 9.15 Å². The monoisotopic (exact) mass is 96.0 g/mol. The molecule has 2 nitrogen and oxygen atoms in total. The van der Waals surface area contributed by atoms with Gasteiger partial charge in [0.15, 0.2) is 0 Å². The van der Waals surface area contributed by atoms with Crippen LogP contribution in [0, 0.1) is 6.92 Å². The van der Waals surface area contributed by atoms with Crippen molar-refractivity contribution in [3.05, 3.63) is 11.8 Å². The van der Waals surface area contributed by atoms with Gasteiger partial charge in [-0.2, -0.15) is 0 Å². The molecule has 36 valence electrons. The molecule has 2 rings (SSSR count). The number of hydrogen-bond donors (Lipinski definition) is 0. The lowest BCUT2D eigenvalue weighted by atomic mass is 10.4. The van der Waals surface area contributed by atoms with E-state index in [-0.39, 0.29) is 0 Å². The fraction of sp³-hybridized carbons (Fsp3) is 0.200. The Kier molecular flexibility index (Phi) is 0.308. The number of aryl methyl sites for hydroxylation is 1. The lowest BCUT2D eigenvalue weighted by molar-refractivity contribution is 0.448. The Morgan fingerprint density at radius 3 is 2.57 bits per heavy atom. The van der Waals surface area contributed by atoms with E-state index in [0.29, 0.717) is 5.95 Å². The molecule has 0 aromatic carbocycles. The molecule has 0 saturated carbocycles. The molecule has 1 aromatic heterocycles.